The van der Waals surface area contributed by atoms with Crippen LogP contribution in [0.1, 0.15) is 86.8 Å². The normalized spacial score (nSPS) is 19.5. The van der Waals surface area contributed by atoms with Gasteiger partial charge in [-0.3, -0.25) is 4.79 Å². The Morgan fingerprint density at radius 1 is 0.903 bits per heavy atom. The first-order valence-electron chi connectivity index (χ1n) is 11.9. The predicted molar refractivity (Wildman–Crippen MR) is 126 cm³/mol. The minimum atomic E-state index is -0.731. The number of benzene rings is 2. The summed E-state index contributed by atoms with van der Waals surface area (Å²) in [4.78, 5) is 10.7. The van der Waals surface area contributed by atoms with Crippen molar-refractivity contribution in [1.29, 1.82) is 0 Å². The number of carboxylic acids is 1. The fourth-order valence-electron chi connectivity index (χ4n) is 4.57. The molecule has 1 saturated carbocycles. The van der Waals surface area contributed by atoms with Gasteiger partial charge in [0, 0.05) is 6.42 Å². The fraction of sp³-hybridized carbons (Fsp3) is 0.464. The third-order valence-corrected chi connectivity index (χ3v) is 6.58. The van der Waals surface area contributed by atoms with Crippen LogP contribution in [0.15, 0.2) is 54.1 Å². The Balaban J connectivity index is 1.42. The Bertz CT molecular complexity index is 889. The van der Waals surface area contributed by atoms with Gasteiger partial charge in [0.2, 0.25) is 0 Å². The summed E-state index contributed by atoms with van der Waals surface area (Å²) in [7, 11) is 0. The fourth-order valence-corrected chi connectivity index (χ4v) is 4.57. The highest BCUT2D eigenvalue weighted by Gasteiger charge is 2.23. The molecule has 1 N–H and O–H groups in total. The number of allylic oxidation sites excluding steroid dienone is 1. The van der Waals surface area contributed by atoms with Crippen molar-refractivity contribution in [2.24, 2.45) is 0 Å². The zero-order valence-corrected chi connectivity index (χ0v) is 18.4. The number of carboxylic acid groups (broad SMARTS) is 1. The van der Waals surface area contributed by atoms with E-state index in [2.05, 4.69) is 36.4 Å². The Morgan fingerprint density at radius 3 is 2.29 bits per heavy atom. The maximum Gasteiger partial charge on any atom is 0.303 e. The molecule has 2 aromatic carbocycles. The van der Waals surface area contributed by atoms with Gasteiger partial charge in [0.15, 0.2) is 0 Å². The van der Waals surface area contributed by atoms with Crippen LogP contribution >= 0.6 is 0 Å². The number of ether oxygens (including phenoxy) is 1. The molecule has 0 unspecified atom stereocenters. The molecule has 0 saturated heterocycles. The smallest absolute Gasteiger partial charge is 0.303 e. The second-order valence-corrected chi connectivity index (χ2v) is 9.07. The second kappa shape index (κ2) is 10.7. The molecule has 0 atom stereocenters. The molecule has 31 heavy (non-hydrogen) atoms. The molecular formula is C28H34O3. The van der Waals surface area contributed by atoms with Gasteiger partial charge in [0.1, 0.15) is 12.4 Å². The van der Waals surface area contributed by atoms with E-state index in [0.29, 0.717) is 13.0 Å². The van der Waals surface area contributed by atoms with Crippen LogP contribution in [0, 0.1) is 0 Å². The minimum absolute atomic E-state index is 0.219. The monoisotopic (exact) mass is 418 g/mol. The summed E-state index contributed by atoms with van der Waals surface area (Å²) in [5.74, 6) is 0.959. The van der Waals surface area contributed by atoms with Crippen LogP contribution < -0.4 is 4.74 Å². The first kappa shape index (κ1) is 21.7. The molecule has 0 amide bonds. The van der Waals surface area contributed by atoms with Crippen LogP contribution in [0.4, 0.5) is 0 Å². The standard InChI is InChI=1S/C28H34O3/c29-28(30)9-5-6-21-10-18-26(19-11-21)31-20-25-7-3-1-2-4-8-27(25)24-16-14-23(15-17-24)22-12-13-22/h10-11,14-19,22H,1-9,12-13,20H2,(H,29,30)/b27-25-. The summed E-state index contributed by atoms with van der Waals surface area (Å²) in [5.41, 5.74) is 6.97. The van der Waals surface area contributed by atoms with Gasteiger partial charge in [0.25, 0.3) is 0 Å². The molecule has 3 heteroatoms. The zero-order valence-electron chi connectivity index (χ0n) is 18.4. The highest BCUT2D eigenvalue weighted by Crippen LogP contribution is 2.40. The lowest BCUT2D eigenvalue weighted by Crippen LogP contribution is -2.07. The molecule has 0 aromatic heterocycles. The van der Waals surface area contributed by atoms with E-state index in [0.717, 1.165) is 36.5 Å². The number of rotatable bonds is 9. The van der Waals surface area contributed by atoms with E-state index in [1.807, 2.05) is 12.1 Å². The molecular weight excluding hydrogens is 384 g/mol. The SMILES string of the molecule is O=C(O)CCCc1ccc(OC/C2=C(\c3ccc(C4CC4)cc3)CCCCCC2)cc1. The molecule has 3 nitrogen and oxygen atoms in total. The number of hydrogen-bond donors (Lipinski definition) is 1. The molecule has 164 valence electrons. The Kier molecular flexibility index (Phi) is 7.45. The van der Waals surface area contributed by atoms with E-state index in [9.17, 15) is 4.79 Å². The van der Waals surface area contributed by atoms with Crippen molar-refractivity contribution in [3.8, 4) is 5.75 Å². The molecule has 0 spiro atoms. The summed E-state index contributed by atoms with van der Waals surface area (Å²) in [6.07, 6.45) is 11.8. The van der Waals surface area contributed by atoms with E-state index < -0.39 is 5.97 Å². The number of aryl methyl sites for hydroxylation is 1. The van der Waals surface area contributed by atoms with Crippen molar-refractivity contribution in [3.63, 3.8) is 0 Å². The van der Waals surface area contributed by atoms with Crippen molar-refractivity contribution in [3.05, 3.63) is 70.8 Å². The van der Waals surface area contributed by atoms with E-state index in [1.165, 1.54) is 60.8 Å². The topological polar surface area (TPSA) is 46.5 Å². The van der Waals surface area contributed by atoms with Crippen molar-refractivity contribution in [1.82, 2.24) is 0 Å². The Morgan fingerprint density at radius 2 is 1.61 bits per heavy atom. The summed E-state index contributed by atoms with van der Waals surface area (Å²) >= 11 is 0. The van der Waals surface area contributed by atoms with E-state index in [-0.39, 0.29) is 6.42 Å². The number of aliphatic carboxylic acids is 1. The first-order chi connectivity index (χ1) is 15.2. The quantitative estimate of drug-likeness (QED) is 0.470. The van der Waals surface area contributed by atoms with Crippen LogP contribution in [-0.4, -0.2) is 17.7 Å². The van der Waals surface area contributed by atoms with Gasteiger partial charge in [0.05, 0.1) is 0 Å². The maximum absolute atomic E-state index is 10.7. The van der Waals surface area contributed by atoms with Crippen LogP contribution in [0.5, 0.6) is 5.75 Å². The molecule has 2 aliphatic carbocycles. The van der Waals surface area contributed by atoms with E-state index in [4.69, 9.17) is 9.84 Å². The van der Waals surface area contributed by atoms with Crippen LogP contribution in [0.3, 0.4) is 0 Å². The van der Waals surface area contributed by atoms with Gasteiger partial charge in [-0.1, -0.05) is 49.2 Å². The number of hydrogen-bond acceptors (Lipinski definition) is 2. The Labute approximate surface area is 186 Å². The average molecular weight is 419 g/mol. The van der Waals surface area contributed by atoms with Crippen LogP contribution in [-0.2, 0) is 11.2 Å². The molecule has 4 rings (SSSR count). The summed E-state index contributed by atoms with van der Waals surface area (Å²) in [6.45, 7) is 0.651. The lowest BCUT2D eigenvalue weighted by atomic mass is 9.89. The summed E-state index contributed by atoms with van der Waals surface area (Å²) < 4.78 is 6.21. The van der Waals surface area contributed by atoms with Crippen molar-refractivity contribution in [2.45, 2.75) is 76.5 Å². The number of carbonyl (C=O) groups is 1. The summed E-state index contributed by atoms with van der Waals surface area (Å²) in [6, 6.07) is 17.5. The minimum Gasteiger partial charge on any atom is -0.489 e. The molecule has 0 radical (unpaired) electrons. The largest absolute Gasteiger partial charge is 0.489 e. The maximum atomic E-state index is 10.7. The molecule has 2 aromatic rings. The van der Waals surface area contributed by atoms with Gasteiger partial charge in [-0.25, -0.2) is 0 Å². The summed E-state index contributed by atoms with van der Waals surface area (Å²) in [5, 5.41) is 8.79. The molecule has 0 aliphatic heterocycles. The molecule has 2 aliphatic rings. The van der Waals surface area contributed by atoms with E-state index in [1.54, 1.807) is 0 Å². The molecule has 0 heterocycles. The van der Waals surface area contributed by atoms with Gasteiger partial charge in [-0.05, 0) is 97.3 Å². The van der Waals surface area contributed by atoms with Gasteiger partial charge in [-0.2, -0.15) is 0 Å². The predicted octanol–water partition coefficient (Wildman–Crippen LogP) is 7.16. The Hall–Kier alpha value is -2.55. The van der Waals surface area contributed by atoms with Gasteiger partial charge < -0.3 is 9.84 Å². The third-order valence-electron chi connectivity index (χ3n) is 6.58. The zero-order chi connectivity index (χ0) is 21.5. The highest BCUT2D eigenvalue weighted by atomic mass is 16.5. The lowest BCUT2D eigenvalue weighted by Gasteiger charge is -2.20. The second-order valence-electron chi connectivity index (χ2n) is 9.07. The van der Waals surface area contributed by atoms with Gasteiger partial charge >= 0.3 is 5.97 Å². The van der Waals surface area contributed by atoms with Crippen molar-refractivity contribution in [2.75, 3.05) is 6.61 Å². The highest BCUT2D eigenvalue weighted by molar-refractivity contribution is 5.69. The van der Waals surface area contributed by atoms with Gasteiger partial charge in [-0.15, -0.1) is 0 Å². The third kappa shape index (κ3) is 6.46. The molecule has 0 bridgehead atoms. The first-order valence-corrected chi connectivity index (χ1v) is 11.9. The van der Waals surface area contributed by atoms with Crippen molar-refractivity contribution >= 4 is 11.5 Å². The molecule has 1 fully saturated rings. The average Bonchev–Trinajstić information content (AvgIpc) is 3.60. The van der Waals surface area contributed by atoms with E-state index >= 15 is 0 Å². The van der Waals surface area contributed by atoms with Crippen molar-refractivity contribution < 1.29 is 14.6 Å². The lowest BCUT2D eigenvalue weighted by molar-refractivity contribution is -0.137. The van der Waals surface area contributed by atoms with Crippen LogP contribution in [0.2, 0.25) is 0 Å². The van der Waals surface area contributed by atoms with Crippen LogP contribution in [0.25, 0.3) is 5.57 Å².